The van der Waals surface area contributed by atoms with Crippen LogP contribution in [-0.4, -0.2) is 51.6 Å². The average molecular weight is 404 g/mol. The molecule has 28 heavy (non-hydrogen) atoms. The lowest BCUT2D eigenvalue weighted by atomic mass is 9.97. The maximum atomic E-state index is 8.58. The van der Waals surface area contributed by atoms with E-state index in [1.54, 1.807) is 14.2 Å². The van der Waals surface area contributed by atoms with Gasteiger partial charge < -0.3 is 25.0 Å². The Balaban J connectivity index is 0.000000878. The molecule has 152 valence electrons. The van der Waals surface area contributed by atoms with Crippen LogP contribution in [-0.2, 0) is 17.9 Å². The van der Waals surface area contributed by atoms with Gasteiger partial charge in [0.1, 0.15) is 11.5 Å². The van der Waals surface area contributed by atoms with Crippen LogP contribution < -0.4 is 15.2 Å². The molecule has 3 rings (SSSR count). The molecule has 1 aromatic heterocycles. The fraction of sp³-hybridized carbons (Fsp3) is 0.381. The van der Waals surface area contributed by atoms with Crippen molar-refractivity contribution < 1.29 is 14.3 Å². The summed E-state index contributed by atoms with van der Waals surface area (Å²) in [5, 5.41) is 0. The molecular weight excluding hydrogens is 374 g/mol. The first-order valence-electron chi connectivity index (χ1n) is 8.91. The number of methoxy groups -OCH3 is 2. The van der Waals surface area contributed by atoms with Crippen LogP contribution in [0.1, 0.15) is 26.4 Å². The van der Waals surface area contributed by atoms with E-state index in [9.17, 15) is 0 Å². The number of hydrogen-bond donors (Lipinski definition) is 1. The van der Waals surface area contributed by atoms with Crippen LogP contribution in [0.4, 0.5) is 0 Å². The van der Waals surface area contributed by atoms with E-state index in [1.807, 2.05) is 25.4 Å². The van der Waals surface area contributed by atoms with Crippen molar-refractivity contribution in [2.75, 3.05) is 35.4 Å². The van der Waals surface area contributed by atoms with Crippen molar-refractivity contribution >= 4 is 23.3 Å². The predicted molar refractivity (Wildman–Crippen MR) is 115 cm³/mol. The van der Waals surface area contributed by atoms with E-state index in [-0.39, 0.29) is 6.41 Å². The summed E-state index contributed by atoms with van der Waals surface area (Å²) in [5.41, 5.74) is 8.99. The van der Waals surface area contributed by atoms with Crippen LogP contribution in [0.5, 0.6) is 11.5 Å². The van der Waals surface area contributed by atoms with Gasteiger partial charge in [0.2, 0.25) is 6.41 Å². The maximum Gasteiger partial charge on any atom is 0.204 e. The standard InChI is InChI=1S/C20H26N2O2S.CH3NO/c1-13-7-15-10-22(4)12-16(20(15)25-13)14-8-18(23-5)17(11-21(2)3)19(9-14)24-6;2-1-3/h7-9,12H,10-11H2,1-6H3;1H,(H2,2,3). The molecule has 0 fully saturated rings. The molecule has 0 radical (unpaired) electrons. The number of carbonyl (C=O) groups excluding carboxylic acids is 1. The third-order valence-corrected chi connectivity index (χ3v) is 5.47. The number of hydrogen-bond acceptors (Lipinski definition) is 6. The molecular formula is C21H29N3O3S. The Labute approximate surface area is 171 Å². The first-order valence-corrected chi connectivity index (χ1v) is 9.73. The van der Waals surface area contributed by atoms with Gasteiger partial charge in [-0.05, 0) is 50.3 Å². The molecule has 1 aliphatic rings. The lowest BCUT2D eigenvalue weighted by Crippen LogP contribution is -2.16. The number of fused-ring (bicyclic) bond motifs is 1. The quantitative estimate of drug-likeness (QED) is 0.777. The van der Waals surface area contributed by atoms with Crippen molar-refractivity contribution in [2.45, 2.75) is 20.0 Å². The monoisotopic (exact) mass is 403 g/mol. The minimum absolute atomic E-state index is 0.250. The van der Waals surface area contributed by atoms with Gasteiger partial charge >= 0.3 is 0 Å². The second-order valence-electron chi connectivity index (χ2n) is 6.90. The normalized spacial score (nSPS) is 12.7. The molecule has 7 heteroatoms. The van der Waals surface area contributed by atoms with Crippen molar-refractivity contribution in [3.8, 4) is 11.5 Å². The minimum atomic E-state index is 0.250. The predicted octanol–water partition coefficient (Wildman–Crippen LogP) is 3.07. The Morgan fingerprint density at radius 3 is 2.29 bits per heavy atom. The van der Waals surface area contributed by atoms with Crippen LogP contribution >= 0.6 is 11.3 Å². The zero-order valence-corrected chi connectivity index (χ0v) is 18.2. The molecule has 1 aromatic carbocycles. The van der Waals surface area contributed by atoms with Crippen molar-refractivity contribution in [3.05, 3.63) is 50.8 Å². The van der Waals surface area contributed by atoms with Gasteiger partial charge in [-0.15, -0.1) is 11.3 Å². The Kier molecular flexibility index (Phi) is 7.48. The summed E-state index contributed by atoms with van der Waals surface area (Å²) in [4.78, 5) is 15.6. The number of amides is 1. The number of rotatable bonds is 5. The van der Waals surface area contributed by atoms with Crippen LogP contribution in [0.15, 0.2) is 24.4 Å². The van der Waals surface area contributed by atoms with Gasteiger partial charge in [-0.1, -0.05) is 0 Å². The summed E-state index contributed by atoms with van der Waals surface area (Å²) < 4.78 is 11.4. The summed E-state index contributed by atoms with van der Waals surface area (Å²) in [6.45, 7) is 3.90. The molecule has 2 heterocycles. The van der Waals surface area contributed by atoms with Crippen molar-refractivity contribution in [1.82, 2.24) is 9.80 Å². The highest BCUT2D eigenvalue weighted by Crippen LogP contribution is 2.41. The van der Waals surface area contributed by atoms with Crippen molar-refractivity contribution in [1.29, 1.82) is 0 Å². The largest absolute Gasteiger partial charge is 0.496 e. The summed E-state index contributed by atoms with van der Waals surface area (Å²) in [7, 11) is 9.66. The zero-order chi connectivity index (χ0) is 20.8. The molecule has 1 amide bonds. The van der Waals surface area contributed by atoms with Gasteiger partial charge in [0.05, 0.1) is 19.8 Å². The van der Waals surface area contributed by atoms with E-state index >= 15 is 0 Å². The number of benzene rings is 1. The Morgan fingerprint density at radius 1 is 1.21 bits per heavy atom. The fourth-order valence-electron chi connectivity index (χ4n) is 3.32. The number of thiophene rings is 1. The van der Waals surface area contributed by atoms with Crippen LogP contribution in [0.25, 0.3) is 5.57 Å². The summed E-state index contributed by atoms with van der Waals surface area (Å²) in [6, 6.07) is 6.55. The Bertz CT molecular complexity index is 834. The van der Waals surface area contributed by atoms with Crippen molar-refractivity contribution in [3.63, 3.8) is 0 Å². The second kappa shape index (κ2) is 9.61. The lowest BCUT2D eigenvalue weighted by molar-refractivity contribution is -0.106. The molecule has 0 bridgehead atoms. The minimum Gasteiger partial charge on any atom is -0.496 e. The van der Waals surface area contributed by atoms with E-state index in [1.165, 1.54) is 20.9 Å². The van der Waals surface area contributed by atoms with E-state index in [4.69, 9.17) is 14.3 Å². The molecule has 1 aliphatic heterocycles. The molecule has 2 aromatic rings. The molecule has 6 nitrogen and oxygen atoms in total. The molecule has 0 atom stereocenters. The number of nitrogens with zero attached hydrogens (tertiary/aromatic N) is 2. The average Bonchev–Trinajstić information content (AvgIpc) is 3.01. The number of nitrogens with two attached hydrogens (primary N) is 1. The zero-order valence-electron chi connectivity index (χ0n) is 17.4. The lowest BCUT2D eigenvalue weighted by Gasteiger charge is -2.24. The molecule has 0 saturated carbocycles. The first-order chi connectivity index (χ1) is 13.3. The highest BCUT2D eigenvalue weighted by molar-refractivity contribution is 7.13. The van der Waals surface area contributed by atoms with Gasteiger partial charge in [-0.2, -0.15) is 0 Å². The molecule has 0 spiro atoms. The fourth-order valence-corrected chi connectivity index (χ4v) is 4.38. The summed E-state index contributed by atoms with van der Waals surface area (Å²) in [6.07, 6.45) is 2.47. The summed E-state index contributed by atoms with van der Waals surface area (Å²) >= 11 is 1.85. The van der Waals surface area contributed by atoms with Gasteiger partial charge in [0, 0.05) is 41.7 Å². The molecule has 0 saturated heterocycles. The van der Waals surface area contributed by atoms with E-state index in [0.717, 1.165) is 35.7 Å². The van der Waals surface area contributed by atoms with Crippen LogP contribution in [0.3, 0.4) is 0 Å². The number of ether oxygens (including phenoxy) is 2. The van der Waals surface area contributed by atoms with Gasteiger partial charge in [0.25, 0.3) is 0 Å². The topological polar surface area (TPSA) is 68.0 Å². The van der Waals surface area contributed by atoms with E-state index < -0.39 is 0 Å². The number of aryl methyl sites for hydroxylation is 1. The highest BCUT2D eigenvalue weighted by atomic mass is 32.1. The van der Waals surface area contributed by atoms with E-state index in [0.29, 0.717) is 0 Å². The first kappa shape index (κ1) is 21.8. The van der Waals surface area contributed by atoms with Gasteiger partial charge in [-0.25, -0.2) is 0 Å². The SMILES string of the molecule is COc1cc(C2=CN(C)Cc3cc(C)sc32)cc(OC)c1CN(C)C.NC=O. The number of primary amides is 1. The van der Waals surface area contributed by atoms with Gasteiger partial charge in [-0.3, -0.25) is 4.79 Å². The van der Waals surface area contributed by atoms with Crippen LogP contribution in [0, 0.1) is 6.92 Å². The third-order valence-electron chi connectivity index (χ3n) is 4.34. The number of carbonyl (C=O) groups is 1. The Hall–Kier alpha value is -2.51. The van der Waals surface area contributed by atoms with Crippen molar-refractivity contribution in [2.24, 2.45) is 5.73 Å². The third kappa shape index (κ3) is 4.85. The smallest absolute Gasteiger partial charge is 0.204 e. The highest BCUT2D eigenvalue weighted by Gasteiger charge is 2.22. The maximum absolute atomic E-state index is 8.58. The molecule has 0 aliphatic carbocycles. The van der Waals surface area contributed by atoms with Crippen LogP contribution in [0.2, 0.25) is 0 Å². The van der Waals surface area contributed by atoms with E-state index in [2.05, 4.69) is 53.9 Å². The Morgan fingerprint density at radius 2 is 1.79 bits per heavy atom. The second-order valence-corrected chi connectivity index (χ2v) is 8.16. The molecule has 0 unspecified atom stereocenters. The van der Waals surface area contributed by atoms with Gasteiger partial charge in [0.15, 0.2) is 0 Å². The molecule has 2 N–H and O–H groups in total. The summed E-state index contributed by atoms with van der Waals surface area (Å²) in [5.74, 6) is 1.74.